The van der Waals surface area contributed by atoms with Crippen LogP contribution in [0, 0.1) is 0 Å². The predicted octanol–water partition coefficient (Wildman–Crippen LogP) is 4.55. The molecule has 2 aromatic carbocycles. The molecule has 0 bridgehead atoms. The van der Waals surface area contributed by atoms with Crippen LogP contribution in [0.2, 0.25) is 0 Å². The first-order valence-corrected chi connectivity index (χ1v) is 11.2. The third kappa shape index (κ3) is 5.09. The van der Waals surface area contributed by atoms with E-state index in [-0.39, 0.29) is 5.41 Å². The Hall–Kier alpha value is -1.98. The van der Waals surface area contributed by atoms with E-state index in [0.717, 1.165) is 45.2 Å². The number of nitrogens with one attached hydrogen (secondary N) is 1. The van der Waals surface area contributed by atoms with Crippen LogP contribution in [-0.4, -0.2) is 32.4 Å². The number of unbranched alkanes of at least 4 members (excludes halogenated alkanes) is 1. The summed E-state index contributed by atoms with van der Waals surface area (Å²) in [7, 11) is 0. The number of carbonyl (C=O) groups is 1. The highest BCUT2D eigenvalue weighted by Crippen LogP contribution is 2.47. The maximum atomic E-state index is 10.8. The molecule has 0 saturated carbocycles. The number of amides is 1. The van der Waals surface area contributed by atoms with E-state index in [1.807, 2.05) is 18.2 Å². The molecule has 5 heteroatoms. The second-order valence-electron chi connectivity index (χ2n) is 7.33. The van der Waals surface area contributed by atoms with Crippen LogP contribution < -0.4 is 9.62 Å². The van der Waals surface area contributed by atoms with E-state index >= 15 is 0 Å². The SMILES string of the molecule is CSN1CC(CCCCOCc2ccccc2)(CCNC=O)c2ccccc21. The lowest BCUT2D eigenvalue weighted by molar-refractivity contribution is -0.109. The summed E-state index contributed by atoms with van der Waals surface area (Å²) in [5.41, 5.74) is 4.05. The van der Waals surface area contributed by atoms with E-state index < -0.39 is 0 Å². The lowest BCUT2D eigenvalue weighted by Gasteiger charge is -2.30. The Morgan fingerprint density at radius 3 is 2.68 bits per heavy atom. The van der Waals surface area contributed by atoms with Crippen molar-refractivity contribution in [2.75, 3.05) is 30.3 Å². The molecule has 0 saturated heterocycles. The first-order valence-electron chi connectivity index (χ1n) is 9.99. The van der Waals surface area contributed by atoms with Gasteiger partial charge in [-0.1, -0.05) is 66.9 Å². The minimum Gasteiger partial charge on any atom is -0.377 e. The normalized spacial score (nSPS) is 18.1. The van der Waals surface area contributed by atoms with Crippen molar-refractivity contribution < 1.29 is 9.53 Å². The predicted molar refractivity (Wildman–Crippen MR) is 118 cm³/mol. The lowest BCUT2D eigenvalue weighted by atomic mass is 9.75. The first kappa shape index (κ1) is 20.7. The molecule has 2 aromatic rings. The molecule has 0 aliphatic carbocycles. The topological polar surface area (TPSA) is 41.6 Å². The molecule has 1 unspecified atom stereocenters. The molecular weight excluding hydrogens is 368 g/mol. The number of anilines is 1. The van der Waals surface area contributed by atoms with Gasteiger partial charge in [0.2, 0.25) is 6.41 Å². The van der Waals surface area contributed by atoms with Crippen molar-refractivity contribution in [2.24, 2.45) is 0 Å². The van der Waals surface area contributed by atoms with Crippen LogP contribution in [0.3, 0.4) is 0 Å². The summed E-state index contributed by atoms with van der Waals surface area (Å²) in [5.74, 6) is 0. The van der Waals surface area contributed by atoms with Gasteiger partial charge in [-0.3, -0.25) is 4.79 Å². The van der Waals surface area contributed by atoms with Gasteiger partial charge >= 0.3 is 0 Å². The molecule has 150 valence electrons. The largest absolute Gasteiger partial charge is 0.377 e. The minimum absolute atomic E-state index is 0.0923. The monoisotopic (exact) mass is 398 g/mol. The van der Waals surface area contributed by atoms with Crippen LogP contribution in [-0.2, 0) is 21.6 Å². The Kier molecular flexibility index (Phi) is 7.80. The van der Waals surface area contributed by atoms with Crippen molar-refractivity contribution >= 4 is 24.0 Å². The fraction of sp³-hybridized carbons (Fsp3) is 0.435. The van der Waals surface area contributed by atoms with E-state index in [2.05, 4.69) is 52.3 Å². The zero-order chi connectivity index (χ0) is 19.7. The molecule has 1 atom stereocenters. The van der Waals surface area contributed by atoms with Gasteiger partial charge in [-0.05, 0) is 36.5 Å². The van der Waals surface area contributed by atoms with Gasteiger partial charge in [0.05, 0.1) is 12.3 Å². The first-order chi connectivity index (χ1) is 13.8. The Morgan fingerprint density at radius 2 is 1.89 bits per heavy atom. The zero-order valence-corrected chi connectivity index (χ0v) is 17.4. The maximum absolute atomic E-state index is 10.8. The zero-order valence-electron chi connectivity index (χ0n) is 16.6. The second-order valence-corrected chi connectivity index (χ2v) is 8.14. The molecule has 0 spiro atoms. The van der Waals surface area contributed by atoms with Gasteiger partial charge in [0, 0.05) is 31.4 Å². The summed E-state index contributed by atoms with van der Waals surface area (Å²) in [6, 6.07) is 19.0. The van der Waals surface area contributed by atoms with E-state index in [9.17, 15) is 4.79 Å². The van der Waals surface area contributed by atoms with Gasteiger partial charge in [0.15, 0.2) is 0 Å². The van der Waals surface area contributed by atoms with Crippen LogP contribution in [0.25, 0.3) is 0 Å². The van der Waals surface area contributed by atoms with Crippen LogP contribution in [0.15, 0.2) is 54.6 Å². The second kappa shape index (κ2) is 10.5. The number of carbonyl (C=O) groups excluding carboxylic acids is 1. The average Bonchev–Trinajstić information content (AvgIpc) is 3.06. The van der Waals surface area contributed by atoms with Gasteiger partial charge in [0.25, 0.3) is 0 Å². The maximum Gasteiger partial charge on any atom is 0.207 e. The van der Waals surface area contributed by atoms with E-state index in [1.54, 1.807) is 11.9 Å². The molecule has 1 heterocycles. The van der Waals surface area contributed by atoms with E-state index in [4.69, 9.17) is 4.74 Å². The van der Waals surface area contributed by atoms with Crippen molar-refractivity contribution in [3.63, 3.8) is 0 Å². The van der Waals surface area contributed by atoms with Gasteiger partial charge < -0.3 is 14.4 Å². The summed E-state index contributed by atoms with van der Waals surface area (Å²) >= 11 is 1.78. The van der Waals surface area contributed by atoms with Crippen molar-refractivity contribution in [2.45, 2.75) is 37.7 Å². The van der Waals surface area contributed by atoms with Gasteiger partial charge in [-0.2, -0.15) is 0 Å². The summed E-state index contributed by atoms with van der Waals surface area (Å²) in [5, 5.41) is 2.86. The number of benzene rings is 2. The molecule has 0 fully saturated rings. The highest BCUT2D eigenvalue weighted by Gasteiger charge is 2.41. The van der Waals surface area contributed by atoms with Crippen molar-refractivity contribution in [3.05, 3.63) is 65.7 Å². The number of rotatable bonds is 12. The molecule has 1 N–H and O–H groups in total. The third-order valence-electron chi connectivity index (χ3n) is 5.55. The number of ether oxygens (including phenoxy) is 1. The fourth-order valence-corrected chi connectivity index (χ4v) is 4.83. The Labute approximate surface area is 172 Å². The lowest BCUT2D eigenvalue weighted by Crippen LogP contribution is -2.34. The van der Waals surface area contributed by atoms with Crippen molar-refractivity contribution in [3.8, 4) is 0 Å². The molecule has 1 aliphatic heterocycles. The van der Waals surface area contributed by atoms with Gasteiger partial charge in [-0.15, -0.1) is 0 Å². The third-order valence-corrected chi connectivity index (χ3v) is 6.31. The number of nitrogens with zero attached hydrogens (tertiary/aromatic N) is 1. The molecular formula is C23H30N2O2S. The van der Waals surface area contributed by atoms with Crippen LogP contribution in [0.5, 0.6) is 0 Å². The minimum atomic E-state index is 0.0923. The number of fused-ring (bicyclic) bond motifs is 1. The fourth-order valence-electron chi connectivity index (χ4n) is 4.10. The summed E-state index contributed by atoms with van der Waals surface area (Å²) in [4.78, 5) is 10.8. The summed E-state index contributed by atoms with van der Waals surface area (Å²) < 4.78 is 8.25. The molecule has 4 nitrogen and oxygen atoms in total. The molecule has 28 heavy (non-hydrogen) atoms. The van der Waals surface area contributed by atoms with Gasteiger partial charge in [-0.25, -0.2) is 0 Å². The molecule has 1 amide bonds. The number of hydrogen-bond acceptors (Lipinski definition) is 4. The van der Waals surface area contributed by atoms with E-state index in [1.165, 1.54) is 16.8 Å². The molecule has 3 rings (SSSR count). The van der Waals surface area contributed by atoms with Gasteiger partial charge in [0.1, 0.15) is 0 Å². The number of para-hydroxylation sites is 1. The molecule has 0 aromatic heterocycles. The number of hydrogen-bond donors (Lipinski definition) is 1. The highest BCUT2D eigenvalue weighted by molar-refractivity contribution is 8.00. The van der Waals surface area contributed by atoms with Crippen molar-refractivity contribution in [1.29, 1.82) is 0 Å². The van der Waals surface area contributed by atoms with Crippen LogP contribution in [0.1, 0.15) is 36.8 Å². The molecule has 1 aliphatic rings. The summed E-state index contributed by atoms with van der Waals surface area (Å²) in [6.45, 7) is 3.17. The van der Waals surface area contributed by atoms with Crippen LogP contribution in [0.4, 0.5) is 5.69 Å². The quantitative estimate of drug-likeness (QED) is 0.324. The van der Waals surface area contributed by atoms with E-state index in [0.29, 0.717) is 13.2 Å². The standard InChI is InChI=1S/C23H30N2O2S/c1-28-25-18-23(14-15-24-19-26,21-11-5-6-12-22(21)25)13-7-8-16-27-17-20-9-3-2-4-10-20/h2-6,9-12,19H,7-8,13-18H2,1H3,(H,24,26). The van der Waals surface area contributed by atoms with Crippen molar-refractivity contribution in [1.82, 2.24) is 5.32 Å². The Bertz CT molecular complexity index is 740. The average molecular weight is 399 g/mol. The smallest absolute Gasteiger partial charge is 0.207 e. The Balaban J connectivity index is 1.56. The molecule has 0 radical (unpaired) electrons. The Morgan fingerprint density at radius 1 is 1.11 bits per heavy atom. The van der Waals surface area contributed by atoms with Crippen LogP contribution >= 0.6 is 11.9 Å². The summed E-state index contributed by atoms with van der Waals surface area (Å²) in [6.07, 6.45) is 7.18. The highest BCUT2D eigenvalue weighted by atomic mass is 32.2.